The molecule has 0 bridgehead atoms. The van der Waals surface area contributed by atoms with E-state index in [0.717, 1.165) is 12.1 Å². The molecule has 0 saturated heterocycles. The zero-order valence-electron chi connectivity index (χ0n) is 16.3. The minimum absolute atomic E-state index is 0.00954. The van der Waals surface area contributed by atoms with Crippen molar-refractivity contribution >= 4 is 35.1 Å². The molecule has 2 rings (SSSR count). The lowest BCUT2D eigenvalue weighted by atomic mass is 10.1. The molecule has 0 unspecified atom stereocenters. The zero-order valence-corrected chi connectivity index (χ0v) is 17.0. The lowest BCUT2D eigenvalue weighted by molar-refractivity contribution is -0.136. The van der Waals surface area contributed by atoms with Crippen molar-refractivity contribution in [3.8, 4) is 5.75 Å². The number of hydrogen-bond donors (Lipinski definition) is 0. The summed E-state index contributed by atoms with van der Waals surface area (Å²) in [5, 5.41) is -0.0219. The van der Waals surface area contributed by atoms with E-state index in [1.165, 1.54) is 40.2 Å². The zero-order chi connectivity index (χ0) is 21.7. The van der Waals surface area contributed by atoms with E-state index >= 15 is 0 Å². The maximum atomic E-state index is 14.7. The number of methoxy groups -OCH3 is 2. The van der Waals surface area contributed by atoms with Crippen LogP contribution >= 0.6 is 11.6 Å². The largest absolute Gasteiger partial charge is 0.495 e. The SMILES string of the molecule is COC(=O)C(C)=C(C)C(=O)N(C(=O)c1ccccc1)c1cc(OC)c(Cl)cc1F. The Bertz CT molecular complexity index is 988. The van der Waals surface area contributed by atoms with Crippen LogP contribution in [0.4, 0.5) is 10.1 Å². The summed E-state index contributed by atoms with van der Waals surface area (Å²) in [7, 11) is 2.49. The maximum Gasteiger partial charge on any atom is 0.333 e. The van der Waals surface area contributed by atoms with Crippen LogP contribution in [0.3, 0.4) is 0 Å². The molecule has 0 N–H and O–H groups in total. The summed E-state index contributed by atoms with van der Waals surface area (Å²) in [5.74, 6) is -3.23. The molecule has 2 amide bonds. The molecule has 0 spiro atoms. The van der Waals surface area contributed by atoms with Crippen LogP contribution < -0.4 is 9.64 Å². The highest BCUT2D eigenvalue weighted by atomic mass is 35.5. The van der Waals surface area contributed by atoms with E-state index in [1.54, 1.807) is 18.2 Å². The molecule has 0 aliphatic rings. The second-order valence-electron chi connectivity index (χ2n) is 5.99. The third-order valence-electron chi connectivity index (χ3n) is 4.26. The van der Waals surface area contributed by atoms with Crippen molar-refractivity contribution in [2.24, 2.45) is 0 Å². The van der Waals surface area contributed by atoms with E-state index in [4.69, 9.17) is 16.3 Å². The first-order valence-electron chi connectivity index (χ1n) is 8.45. The Morgan fingerprint density at radius 2 is 1.62 bits per heavy atom. The van der Waals surface area contributed by atoms with Crippen LogP contribution in [0.25, 0.3) is 0 Å². The minimum atomic E-state index is -0.906. The molecular weight excluding hydrogens is 401 g/mol. The first kappa shape index (κ1) is 22.1. The van der Waals surface area contributed by atoms with Gasteiger partial charge in [0.15, 0.2) is 0 Å². The number of hydrogen-bond acceptors (Lipinski definition) is 5. The monoisotopic (exact) mass is 419 g/mol. The van der Waals surface area contributed by atoms with E-state index in [9.17, 15) is 18.8 Å². The topological polar surface area (TPSA) is 72.9 Å². The van der Waals surface area contributed by atoms with E-state index in [2.05, 4.69) is 4.74 Å². The number of carbonyl (C=O) groups excluding carboxylic acids is 3. The molecule has 0 atom stereocenters. The Morgan fingerprint density at radius 1 is 1.00 bits per heavy atom. The summed E-state index contributed by atoms with van der Waals surface area (Å²) in [6.45, 7) is 2.73. The van der Waals surface area contributed by atoms with E-state index < -0.39 is 23.6 Å². The molecule has 0 fully saturated rings. The molecule has 29 heavy (non-hydrogen) atoms. The van der Waals surface area contributed by atoms with Crippen LogP contribution in [0.5, 0.6) is 5.75 Å². The fourth-order valence-electron chi connectivity index (χ4n) is 2.50. The second kappa shape index (κ2) is 9.34. The van der Waals surface area contributed by atoms with Crippen molar-refractivity contribution in [2.75, 3.05) is 19.1 Å². The first-order valence-corrected chi connectivity index (χ1v) is 8.83. The van der Waals surface area contributed by atoms with Crippen molar-refractivity contribution in [1.29, 1.82) is 0 Å². The van der Waals surface area contributed by atoms with E-state index in [0.29, 0.717) is 4.90 Å². The summed E-state index contributed by atoms with van der Waals surface area (Å²) in [6.07, 6.45) is 0. The number of rotatable bonds is 5. The molecule has 6 nitrogen and oxygen atoms in total. The number of halogens is 2. The van der Waals surface area contributed by atoms with Gasteiger partial charge in [-0.25, -0.2) is 14.1 Å². The highest BCUT2D eigenvalue weighted by Gasteiger charge is 2.31. The summed E-state index contributed by atoms with van der Waals surface area (Å²) in [6, 6.07) is 9.98. The molecule has 0 heterocycles. The Hall–Kier alpha value is -3.19. The average Bonchev–Trinajstić information content (AvgIpc) is 2.73. The highest BCUT2D eigenvalue weighted by Crippen LogP contribution is 2.34. The fourth-order valence-corrected chi connectivity index (χ4v) is 2.73. The number of amides is 2. The molecule has 152 valence electrons. The Kier molecular flexibility index (Phi) is 7.12. The molecule has 2 aromatic carbocycles. The van der Waals surface area contributed by atoms with Gasteiger partial charge in [0.25, 0.3) is 11.8 Å². The highest BCUT2D eigenvalue weighted by molar-refractivity contribution is 6.32. The van der Waals surface area contributed by atoms with Crippen molar-refractivity contribution in [1.82, 2.24) is 0 Å². The molecule has 0 aliphatic carbocycles. The van der Waals surface area contributed by atoms with Gasteiger partial charge >= 0.3 is 5.97 Å². The number of esters is 1. The van der Waals surface area contributed by atoms with Gasteiger partial charge in [-0.3, -0.25) is 9.59 Å². The maximum absolute atomic E-state index is 14.7. The molecule has 0 aliphatic heterocycles. The molecule has 0 aromatic heterocycles. The van der Waals surface area contributed by atoms with Crippen LogP contribution in [0.1, 0.15) is 24.2 Å². The van der Waals surface area contributed by atoms with Crippen LogP contribution in [0.15, 0.2) is 53.6 Å². The van der Waals surface area contributed by atoms with Gasteiger partial charge in [-0.2, -0.15) is 0 Å². The van der Waals surface area contributed by atoms with Crippen molar-refractivity contribution in [2.45, 2.75) is 13.8 Å². The fraction of sp³-hybridized carbons (Fsp3) is 0.190. The summed E-state index contributed by atoms with van der Waals surface area (Å²) in [4.78, 5) is 38.7. The van der Waals surface area contributed by atoms with Crippen LogP contribution in [-0.4, -0.2) is 32.0 Å². The van der Waals surface area contributed by atoms with Crippen molar-refractivity contribution in [3.63, 3.8) is 0 Å². The number of nitrogens with zero attached hydrogens (tertiary/aromatic N) is 1. The Morgan fingerprint density at radius 3 is 2.17 bits per heavy atom. The normalized spacial score (nSPS) is 11.4. The third kappa shape index (κ3) is 4.63. The number of ether oxygens (including phenoxy) is 2. The van der Waals surface area contributed by atoms with Gasteiger partial charge in [-0.05, 0) is 32.0 Å². The molecule has 0 saturated carbocycles. The number of carbonyl (C=O) groups is 3. The predicted octanol–water partition coefficient (Wildman–Crippen LogP) is 4.17. The number of anilines is 1. The van der Waals surface area contributed by atoms with Gasteiger partial charge in [-0.15, -0.1) is 0 Å². The summed E-state index contributed by atoms with van der Waals surface area (Å²) in [5.41, 5.74) is -0.293. The van der Waals surface area contributed by atoms with Gasteiger partial charge in [0.05, 0.1) is 24.9 Å². The van der Waals surface area contributed by atoms with E-state index in [1.807, 2.05) is 0 Å². The molecular formula is C21H19ClFNO5. The number of imide groups is 1. The van der Waals surface area contributed by atoms with Crippen molar-refractivity contribution < 1.29 is 28.2 Å². The second-order valence-corrected chi connectivity index (χ2v) is 6.40. The lowest BCUT2D eigenvalue weighted by Crippen LogP contribution is -2.39. The van der Waals surface area contributed by atoms with Gasteiger partial charge in [0, 0.05) is 22.8 Å². The molecule has 0 radical (unpaired) electrons. The van der Waals surface area contributed by atoms with Crippen molar-refractivity contribution in [3.05, 3.63) is 70.0 Å². The average molecular weight is 420 g/mol. The van der Waals surface area contributed by atoms with Gasteiger partial charge in [0.1, 0.15) is 11.6 Å². The Balaban J connectivity index is 2.69. The molecule has 2 aromatic rings. The number of benzene rings is 2. The predicted molar refractivity (Wildman–Crippen MR) is 107 cm³/mol. The van der Waals surface area contributed by atoms with Crippen LogP contribution in [0.2, 0.25) is 5.02 Å². The van der Waals surface area contributed by atoms with Gasteiger partial charge < -0.3 is 9.47 Å². The smallest absolute Gasteiger partial charge is 0.333 e. The summed E-state index contributed by atoms with van der Waals surface area (Å²) < 4.78 is 24.5. The quantitative estimate of drug-likeness (QED) is 0.537. The van der Waals surface area contributed by atoms with Gasteiger partial charge in [-0.1, -0.05) is 29.8 Å². The van der Waals surface area contributed by atoms with Crippen LogP contribution in [0, 0.1) is 5.82 Å². The Labute approximate surface area is 172 Å². The minimum Gasteiger partial charge on any atom is -0.495 e. The van der Waals surface area contributed by atoms with E-state index in [-0.39, 0.29) is 33.2 Å². The van der Waals surface area contributed by atoms with Crippen LogP contribution in [-0.2, 0) is 14.3 Å². The molecule has 8 heteroatoms. The third-order valence-corrected chi connectivity index (χ3v) is 4.56. The standard InChI is InChI=1S/C21H19ClFNO5/c1-12(13(2)21(27)29-4)19(25)24(20(26)14-8-6-5-7-9-14)17-11-18(28-3)15(22)10-16(17)23/h5-11H,1-4H3. The lowest BCUT2D eigenvalue weighted by Gasteiger charge is -2.23. The summed E-state index contributed by atoms with van der Waals surface area (Å²) >= 11 is 5.93. The first-order chi connectivity index (χ1) is 13.7. The van der Waals surface area contributed by atoms with Gasteiger partial charge in [0.2, 0.25) is 0 Å².